The highest BCUT2D eigenvalue weighted by Crippen LogP contribution is 2.16. The lowest BCUT2D eigenvalue weighted by molar-refractivity contribution is 0.915. The highest BCUT2D eigenvalue weighted by molar-refractivity contribution is 5.81. The second kappa shape index (κ2) is 2.48. The Morgan fingerprint density at radius 1 is 1.42 bits per heavy atom. The third kappa shape index (κ3) is 0.848. The van der Waals surface area contributed by atoms with Crippen molar-refractivity contribution in [3.8, 4) is 0 Å². The maximum Gasteiger partial charge on any atom is 0.0930 e. The summed E-state index contributed by atoms with van der Waals surface area (Å²) < 4.78 is 1.80. The molecule has 2 aromatic rings. The third-order valence-electron chi connectivity index (χ3n) is 2.03. The SMILES string of the molecule is C=Cn1nc2ccccc2c1C. The van der Waals surface area contributed by atoms with E-state index in [0.717, 1.165) is 11.2 Å². The van der Waals surface area contributed by atoms with Crippen molar-refractivity contribution in [2.75, 3.05) is 0 Å². The molecule has 2 nitrogen and oxygen atoms in total. The van der Waals surface area contributed by atoms with Crippen LogP contribution >= 0.6 is 0 Å². The Morgan fingerprint density at radius 3 is 2.83 bits per heavy atom. The first-order chi connectivity index (χ1) is 5.83. The average Bonchev–Trinajstić information content (AvgIpc) is 2.44. The number of rotatable bonds is 1. The van der Waals surface area contributed by atoms with Crippen LogP contribution in [0.1, 0.15) is 5.69 Å². The molecule has 1 aromatic carbocycles. The summed E-state index contributed by atoms with van der Waals surface area (Å²) in [6.07, 6.45) is 1.72. The van der Waals surface area contributed by atoms with Gasteiger partial charge < -0.3 is 0 Å². The fraction of sp³-hybridized carbons (Fsp3) is 0.100. The van der Waals surface area contributed by atoms with Crippen molar-refractivity contribution >= 4 is 17.1 Å². The number of hydrogen-bond acceptors (Lipinski definition) is 1. The molecule has 0 unspecified atom stereocenters. The van der Waals surface area contributed by atoms with Gasteiger partial charge in [-0.25, -0.2) is 4.68 Å². The highest BCUT2D eigenvalue weighted by Gasteiger charge is 2.02. The van der Waals surface area contributed by atoms with E-state index in [1.54, 1.807) is 10.9 Å². The normalized spacial score (nSPS) is 10.4. The van der Waals surface area contributed by atoms with Crippen LogP contribution in [0.4, 0.5) is 0 Å². The van der Waals surface area contributed by atoms with Crippen LogP contribution in [0, 0.1) is 6.92 Å². The molecule has 1 heterocycles. The van der Waals surface area contributed by atoms with E-state index in [-0.39, 0.29) is 0 Å². The fourth-order valence-electron chi connectivity index (χ4n) is 1.36. The van der Waals surface area contributed by atoms with Gasteiger partial charge in [0.05, 0.1) is 5.52 Å². The van der Waals surface area contributed by atoms with E-state index in [1.807, 2.05) is 25.1 Å². The van der Waals surface area contributed by atoms with Crippen molar-refractivity contribution in [1.82, 2.24) is 9.78 Å². The number of aromatic nitrogens is 2. The van der Waals surface area contributed by atoms with E-state index in [2.05, 4.69) is 17.7 Å². The minimum atomic E-state index is 1.02. The molecule has 2 heteroatoms. The maximum atomic E-state index is 4.33. The summed E-state index contributed by atoms with van der Waals surface area (Å²) in [5.41, 5.74) is 2.16. The van der Waals surface area contributed by atoms with Crippen LogP contribution in [-0.4, -0.2) is 9.78 Å². The van der Waals surface area contributed by atoms with Gasteiger partial charge in [0.2, 0.25) is 0 Å². The molecule has 60 valence electrons. The number of aryl methyl sites for hydroxylation is 1. The maximum absolute atomic E-state index is 4.33. The summed E-state index contributed by atoms with van der Waals surface area (Å²) in [6.45, 7) is 5.73. The van der Waals surface area contributed by atoms with Gasteiger partial charge in [-0.1, -0.05) is 24.8 Å². The minimum absolute atomic E-state index is 1.02. The monoisotopic (exact) mass is 158 g/mol. The smallest absolute Gasteiger partial charge is 0.0930 e. The molecular formula is C10H10N2. The predicted molar refractivity (Wildman–Crippen MR) is 50.9 cm³/mol. The van der Waals surface area contributed by atoms with Crippen LogP contribution in [-0.2, 0) is 0 Å². The lowest BCUT2D eigenvalue weighted by atomic mass is 10.2. The summed E-state index contributed by atoms with van der Waals surface area (Å²) >= 11 is 0. The van der Waals surface area contributed by atoms with Gasteiger partial charge in [-0.05, 0) is 13.0 Å². The molecule has 0 atom stereocenters. The van der Waals surface area contributed by atoms with Crippen molar-refractivity contribution in [2.24, 2.45) is 0 Å². The van der Waals surface area contributed by atoms with Crippen molar-refractivity contribution < 1.29 is 0 Å². The molecule has 0 saturated heterocycles. The van der Waals surface area contributed by atoms with Gasteiger partial charge in [0, 0.05) is 17.3 Å². The van der Waals surface area contributed by atoms with Crippen LogP contribution in [0.15, 0.2) is 30.8 Å². The van der Waals surface area contributed by atoms with E-state index >= 15 is 0 Å². The van der Waals surface area contributed by atoms with Gasteiger partial charge in [0.1, 0.15) is 0 Å². The Labute approximate surface area is 71.1 Å². The van der Waals surface area contributed by atoms with E-state index in [1.165, 1.54) is 5.39 Å². The van der Waals surface area contributed by atoms with Gasteiger partial charge >= 0.3 is 0 Å². The van der Waals surface area contributed by atoms with Crippen molar-refractivity contribution in [3.63, 3.8) is 0 Å². The van der Waals surface area contributed by atoms with Gasteiger partial charge in [-0.3, -0.25) is 0 Å². The molecule has 2 rings (SSSR count). The Morgan fingerprint density at radius 2 is 2.17 bits per heavy atom. The number of fused-ring (bicyclic) bond motifs is 1. The summed E-state index contributed by atoms with van der Waals surface area (Å²) in [6, 6.07) is 8.08. The zero-order valence-electron chi connectivity index (χ0n) is 6.99. The highest BCUT2D eigenvalue weighted by atomic mass is 15.3. The number of hydrogen-bond donors (Lipinski definition) is 0. The summed E-state index contributed by atoms with van der Waals surface area (Å²) in [5.74, 6) is 0. The second-order valence-corrected chi connectivity index (χ2v) is 2.73. The van der Waals surface area contributed by atoms with E-state index in [0.29, 0.717) is 0 Å². The van der Waals surface area contributed by atoms with Crippen LogP contribution in [0.3, 0.4) is 0 Å². The Hall–Kier alpha value is -1.57. The van der Waals surface area contributed by atoms with E-state index in [9.17, 15) is 0 Å². The molecule has 0 N–H and O–H groups in total. The first kappa shape index (κ1) is 7.10. The first-order valence-electron chi connectivity index (χ1n) is 3.89. The van der Waals surface area contributed by atoms with Gasteiger partial charge in [-0.15, -0.1) is 0 Å². The Bertz CT molecular complexity index is 426. The summed E-state index contributed by atoms with van der Waals surface area (Å²) in [5, 5.41) is 5.52. The molecule has 0 aliphatic carbocycles. The quantitative estimate of drug-likeness (QED) is 0.623. The molecule has 12 heavy (non-hydrogen) atoms. The molecule has 0 amide bonds. The van der Waals surface area contributed by atoms with E-state index < -0.39 is 0 Å². The van der Waals surface area contributed by atoms with Crippen LogP contribution in [0.5, 0.6) is 0 Å². The molecule has 0 saturated carbocycles. The largest absolute Gasteiger partial charge is 0.245 e. The van der Waals surface area contributed by atoms with Gasteiger partial charge in [0.15, 0.2) is 0 Å². The topological polar surface area (TPSA) is 17.8 Å². The standard InChI is InChI=1S/C10H10N2/c1-3-12-8(2)9-6-4-5-7-10(9)11-12/h3-7H,1H2,2H3. The molecule has 0 fully saturated rings. The van der Waals surface area contributed by atoms with Crippen molar-refractivity contribution in [1.29, 1.82) is 0 Å². The lowest BCUT2D eigenvalue weighted by Gasteiger charge is -1.91. The average molecular weight is 158 g/mol. The van der Waals surface area contributed by atoms with E-state index in [4.69, 9.17) is 0 Å². The molecule has 0 aliphatic rings. The zero-order chi connectivity index (χ0) is 8.55. The fourth-order valence-corrected chi connectivity index (χ4v) is 1.36. The third-order valence-corrected chi connectivity index (χ3v) is 2.03. The van der Waals surface area contributed by atoms with Gasteiger partial charge in [-0.2, -0.15) is 5.10 Å². The predicted octanol–water partition coefficient (Wildman–Crippen LogP) is 2.45. The lowest BCUT2D eigenvalue weighted by Crippen LogP contribution is -1.89. The van der Waals surface area contributed by atoms with Crippen LogP contribution < -0.4 is 0 Å². The van der Waals surface area contributed by atoms with Crippen LogP contribution in [0.25, 0.3) is 17.1 Å². The summed E-state index contributed by atoms with van der Waals surface area (Å²) in [7, 11) is 0. The molecule has 1 aromatic heterocycles. The van der Waals surface area contributed by atoms with Crippen molar-refractivity contribution in [2.45, 2.75) is 6.92 Å². The second-order valence-electron chi connectivity index (χ2n) is 2.73. The van der Waals surface area contributed by atoms with Crippen LogP contribution in [0.2, 0.25) is 0 Å². The zero-order valence-corrected chi connectivity index (χ0v) is 6.99. The minimum Gasteiger partial charge on any atom is -0.245 e. The molecule has 0 bridgehead atoms. The molecule has 0 spiro atoms. The number of nitrogens with zero attached hydrogens (tertiary/aromatic N) is 2. The first-order valence-corrected chi connectivity index (χ1v) is 3.89. The molecule has 0 aliphatic heterocycles. The Kier molecular flexibility index (Phi) is 1.47. The Balaban J connectivity index is 2.87. The van der Waals surface area contributed by atoms with Crippen molar-refractivity contribution in [3.05, 3.63) is 36.5 Å². The molecule has 0 radical (unpaired) electrons. The number of benzene rings is 1. The van der Waals surface area contributed by atoms with Gasteiger partial charge in [0.25, 0.3) is 0 Å². The molecular weight excluding hydrogens is 148 g/mol. The summed E-state index contributed by atoms with van der Waals surface area (Å²) in [4.78, 5) is 0.